The first-order chi connectivity index (χ1) is 17.4. The first-order valence-electron chi connectivity index (χ1n) is 11.6. The Labute approximate surface area is 211 Å². The molecule has 3 aromatic rings. The number of methoxy groups -OCH3 is 4. The number of amides is 1. The lowest BCUT2D eigenvalue weighted by Crippen LogP contribution is -2.26. The van der Waals surface area contributed by atoms with E-state index in [1.165, 1.54) is 0 Å². The van der Waals surface area contributed by atoms with Crippen molar-refractivity contribution in [1.29, 1.82) is 0 Å². The third-order valence-corrected chi connectivity index (χ3v) is 6.42. The molecule has 1 aromatic heterocycles. The van der Waals surface area contributed by atoms with Gasteiger partial charge in [-0.25, -0.2) is 0 Å². The van der Waals surface area contributed by atoms with Gasteiger partial charge in [0.2, 0.25) is 11.7 Å². The van der Waals surface area contributed by atoms with E-state index in [0.717, 1.165) is 44.9 Å². The summed E-state index contributed by atoms with van der Waals surface area (Å²) in [7, 11) is 8.20. The zero-order valence-electron chi connectivity index (χ0n) is 21.5. The fourth-order valence-electron chi connectivity index (χ4n) is 4.48. The molecule has 0 unspecified atom stereocenters. The molecule has 0 fully saturated rings. The molecule has 7 nitrogen and oxygen atoms in total. The molecular formula is C29H31NO6. The third kappa shape index (κ3) is 4.82. The molecule has 0 radical (unpaired) electrons. The fourth-order valence-corrected chi connectivity index (χ4v) is 4.48. The van der Waals surface area contributed by atoms with Crippen molar-refractivity contribution < 1.29 is 28.2 Å². The van der Waals surface area contributed by atoms with Crippen molar-refractivity contribution in [2.24, 2.45) is 0 Å². The maximum atomic E-state index is 13.2. The van der Waals surface area contributed by atoms with Crippen LogP contribution in [0, 0.1) is 0 Å². The molecule has 1 amide bonds. The second-order valence-corrected chi connectivity index (χ2v) is 8.54. The number of hydrogen-bond acceptors (Lipinski definition) is 6. The fraction of sp³-hybridized carbons (Fsp3) is 0.276. The van der Waals surface area contributed by atoms with E-state index in [-0.39, 0.29) is 12.3 Å². The second kappa shape index (κ2) is 10.6. The van der Waals surface area contributed by atoms with Crippen molar-refractivity contribution in [2.45, 2.75) is 19.9 Å². The second-order valence-electron chi connectivity index (χ2n) is 8.54. The van der Waals surface area contributed by atoms with Gasteiger partial charge >= 0.3 is 0 Å². The van der Waals surface area contributed by atoms with Crippen molar-refractivity contribution >= 4 is 23.1 Å². The van der Waals surface area contributed by atoms with Crippen LogP contribution in [0.1, 0.15) is 35.8 Å². The Hall–Kier alpha value is -4.13. The van der Waals surface area contributed by atoms with Gasteiger partial charge in [0.05, 0.1) is 47.7 Å². The van der Waals surface area contributed by atoms with Crippen molar-refractivity contribution in [1.82, 2.24) is 4.90 Å². The Morgan fingerprint density at radius 2 is 1.67 bits per heavy atom. The maximum Gasteiger partial charge on any atom is 0.227 e. The van der Waals surface area contributed by atoms with Crippen LogP contribution in [0.5, 0.6) is 23.0 Å². The molecule has 188 valence electrons. The van der Waals surface area contributed by atoms with E-state index in [9.17, 15) is 4.79 Å². The molecule has 0 aliphatic heterocycles. The molecule has 36 heavy (non-hydrogen) atoms. The van der Waals surface area contributed by atoms with Gasteiger partial charge in [0.25, 0.3) is 0 Å². The summed E-state index contributed by atoms with van der Waals surface area (Å²) >= 11 is 0. The summed E-state index contributed by atoms with van der Waals surface area (Å²) in [6.45, 7) is 2.46. The van der Waals surface area contributed by atoms with E-state index >= 15 is 0 Å². The van der Waals surface area contributed by atoms with Gasteiger partial charge in [0, 0.05) is 7.05 Å². The van der Waals surface area contributed by atoms with Gasteiger partial charge in [0.15, 0.2) is 11.5 Å². The van der Waals surface area contributed by atoms with Gasteiger partial charge in [-0.2, -0.15) is 0 Å². The van der Waals surface area contributed by atoms with E-state index in [1.807, 2.05) is 49.4 Å². The highest BCUT2D eigenvalue weighted by Gasteiger charge is 2.27. The summed E-state index contributed by atoms with van der Waals surface area (Å²) in [6, 6.07) is 13.5. The molecular weight excluding hydrogens is 458 g/mol. The first-order valence-corrected chi connectivity index (χ1v) is 11.6. The van der Waals surface area contributed by atoms with Gasteiger partial charge in [-0.15, -0.1) is 0 Å². The Balaban J connectivity index is 1.75. The Morgan fingerprint density at radius 3 is 2.25 bits per heavy atom. The van der Waals surface area contributed by atoms with Crippen LogP contribution >= 0.6 is 0 Å². The van der Waals surface area contributed by atoms with E-state index in [0.29, 0.717) is 23.8 Å². The zero-order valence-corrected chi connectivity index (χ0v) is 21.5. The predicted molar refractivity (Wildman–Crippen MR) is 139 cm³/mol. The molecule has 0 bridgehead atoms. The number of hydrogen-bond donors (Lipinski definition) is 0. The van der Waals surface area contributed by atoms with Crippen molar-refractivity contribution in [3.05, 3.63) is 76.8 Å². The molecule has 0 N–H and O–H groups in total. The summed E-state index contributed by atoms with van der Waals surface area (Å²) in [4.78, 5) is 14.9. The van der Waals surface area contributed by atoms with Gasteiger partial charge in [-0.05, 0) is 82.8 Å². The van der Waals surface area contributed by atoms with Crippen LogP contribution in [0.25, 0.3) is 17.2 Å². The third-order valence-electron chi connectivity index (χ3n) is 6.42. The number of fused-ring (bicyclic) bond motifs is 1. The summed E-state index contributed by atoms with van der Waals surface area (Å²) in [5.74, 6) is 3.18. The number of rotatable bonds is 9. The lowest BCUT2D eigenvalue weighted by atomic mass is 10.00. The highest BCUT2D eigenvalue weighted by atomic mass is 16.5. The van der Waals surface area contributed by atoms with E-state index < -0.39 is 0 Å². The minimum atomic E-state index is 0.00329. The SMILES string of the molecule is COc1ccc2c(c1)C(CC(=O)N(C)Cc1ccco1)=C(C)/C2=C/c1cc(OC)c(OC)c(OC)c1. The summed E-state index contributed by atoms with van der Waals surface area (Å²) in [6.07, 6.45) is 3.95. The Kier molecular flexibility index (Phi) is 7.38. The maximum absolute atomic E-state index is 13.2. The van der Waals surface area contributed by atoms with Gasteiger partial charge in [-0.1, -0.05) is 6.07 Å². The van der Waals surface area contributed by atoms with E-state index in [2.05, 4.69) is 6.08 Å². The number of nitrogens with zero attached hydrogens (tertiary/aromatic N) is 1. The molecule has 7 heteroatoms. The van der Waals surface area contributed by atoms with E-state index in [4.69, 9.17) is 23.4 Å². The number of carbonyl (C=O) groups is 1. The largest absolute Gasteiger partial charge is 0.497 e. The molecule has 1 aliphatic carbocycles. The molecule has 0 saturated carbocycles. The van der Waals surface area contributed by atoms with Crippen LogP contribution in [0.4, 0.5) is 0 Å². The molecule has 1 heterocycles. The number of ether oxygens (including phenoxy) is 4. The quantitative estimate of drug-likeness (QED) is 0.385. The monoisotopic (exact) mass is 489 g/mol. The lowest BCUT2D eigenvalue weighted by molar-refractivity contribution is -0.129. The van der Waals surface area contributed by atoms with Crippen LogP contribution in [-0.2, 0) is 11.3 Å². The summed E-state index contributed by atoms with van der Waals surface area (Å²) in [5, 5.41) is 0. The van der Waals surface area contributed by atoms with Crippen molar-refractivity contribution in [2.75, 3.05) is 35.5 Å². The van der Waals surface area contributed by atoms with Crippen LogP contribution < -0.4 is 18.9 Å². The number of furan rings is 1. The Bertz CT molecular complexity index is 1290. The zero-order chi connectivity index (χ0) is 25.8. The van der Waals surface area contributed by atoms with E-state index in [1.54, 1.807) is 46.6 Å². The lowest BCUT2D eigenvalue weighted by Gasteiger charge is -2.17. The summed E-state index contributed by atoms with van der Waals surface area (Å²) < 4.78 is 27.4. The van der Waals surface area contributed by atoms with Gasteiger partial charge in [-0.3, -0.25) is 4.79 Å². The number of benzene rings is 2. The Morgan fingerprint density at radius 1 is 0.944 bits per heavy atom. The molecule has 0 atom stereocenters. The summed E-state index contributed by atoms with van der Waals surface area (Å²) in [5.41, 5.74) is 5.95. The minimum Gasteiger partial charge on any atom is -0.497 e. The number of carbonyl (C=O) groups excluding carboxylic acids is 1. The molecule has 0 spiro atoms. The van der Waals surface area contributed by atoms with Crippen LogP contribution in [-0.4, -0.2) is 46.3 Å². The average molecular weight is 490 g/mol. The van der Waals surface area contributed by atoms with Crippen molar-refractivity contribution in [3.63, 3.8) is 0 Å². The topological polar surface area (TPSA) is 70.4 Å². The highest BCUT2D eigenvalue weighted by Crippen LogP contribution is 2.46. The van der Waals surface area contributed by atoms with Gasteiger partial charge in [0.1, 0.15) is 11.5 Å². The molecule has 2 aromatic carbocycles. The van der Waals surface area contributed by atoms with Crippen LogP contribution in [0.3, 0.4) is 0 Å². The van der Waals surface area contributed by atoms with Crippen LogP contribution in [0.15, 0.2) is 58.7 Å². The van der Waals surface area contributed by atoms with Gasteiger partial charge < -0.3 is 28.3 Å². The van der Waals surface area contributed by atoms with Crippen LogP contribution in [0.2, 0.25) is 0 Å². The molecule has 0 saturated heterocycles. The average Bonchev–Trinajstić information content (AvgIpc) is 3.49. The molecule has 1 aliphatic rings. The van der Waals surface area contributed by atoms with Crippen molar-refractivity contribution in [3.8, 4) is 23.0 Å². The molecule has 4 rings (SSSR count). The standard InChI is InChI=1S/C29H31NO6/c1-18-23(12-19-13-26(33-4)29(35-6)27(14-19)34-5)22-10-9-20(32-3)15-25(22)24(18)16-28(31)30(2)17-21-8-7-11-36-21/h7-15H,16-17H2,1-6H3/b23-12-. The number of allylic oxidation sites excluding steroid dienone is 2. The normalized spacial score (nSPS) is 13.6. The smallest absolute Gasteiger partial charge is 0.227 e. The highest BCUT2D eigenvalue weighted by molar-refractivity contribution is 6.08. The first kappa shape index (κ1) is 25.0. The predicted octanol–water partition coefficient (Wildman–Crippen LogP) is 5.69. The minimum absolute atomic E-state index is 0.00329.